The molecule has 0 bridgehead atoms. The standard InChI is InChI=1S/C17H23NO6/c1-22-12-5-6-15(23-2)14(10-12)18-16(19)9-11(17(20)21)8-13-4-3-7-24-13/h5-6,10-11,13H,3-4,7-9H2,1-2H3,(H,18,19)(H,20,21). The summed E-state index contributed by atoms with van der Waals surface area (Å²) < 4.78 is 15.8. The molecule has 0 saturated carbocycles. The fourth-order valence-corrected chi connectivity index (χ4v) is 2.76. The van der Waals surface area contributed by atoms with Gasteiger partial charge in [0.1, 0.15) is 11.5 Å². The first kappa shape index (κ1) is 18.1. The molecule has 2 N–H and O–H groups in total. The van der Waals surface area contributed by atoms with Gasteiger partial charge in [-0.2, -0.15) is 0 Å². The molecule has 0 aromatic heterocycles. The molecule has 2 rings (SSSR count). The number of hydrogen-bond acceptors (Lipinski definition) is 5. The second kappa shape index (κ2) is 8.54. The highest BCUT2D eigenvalue weighted by atomic mass is 16.5. The second-order valence-electron chi connectivity index (χ2n) is 5.72. The number of hydrogen-bond donors (Lipinski definition) is 2. The van der Waals surface area contributed by atoms with E-state index >= 15 is 0 Å². The number of carbonyl (C=O) groups is 2. The van der Waals surface area contributed by atoms with Crippen molar-refractivity contribution in [3.05, 3.63) is 18.2 Å². The molecule has 1 aliphatic rings. The third-order valence-electron chi connectivity index (χ3n) is 4.03. The maximum atomic E-state index is 12.3. The quantitative estimate of drug-likeness (QED) is 0.756. The number of carboxylic acids is 1. The van der Waals surface area contributed by atoms with Crippen molar-refractivity contribution in [3.8, 4) is 11.5 Å². The fraction of sp³-hybridized carbons (Fsp3) is 0.529. The molecule has 0 radical (unpaired) electrons. The Morgan fingerprint density at radius 1 is 1.38 bits per heavy atom. The minimum absolute atomic E-state index is 0.0785. The van der Waals surface area contributed by atoms with Crippen LogP contribution < -0.4 is 14.8 Å². The summed E-state index contributed by atoms with van der Waals surface area (Å²) in [6.07, 6.45) is 1.93. The van der Waals surface area contributed by atoms with E-state index in [-0.39, 0.29) is 18.4 Å². The molecule has 7 nitrogen and oxygen atoms in total. The molecule has 1 saturated heterocycles. The van der Waals surface area contributed by atoms with Crippen molar-refractivity contribution in [2.45, 2.75) is 31.8 Å². The van der Waals surface area contributed by atoms with E-state index in [0.29, 0.717) is 30.2 Å². The van der Waals surface area contributed by atoms with Gasteiger partial charge in [0.05, 0.1) is 31.9 Å². The predicted octanol–water partition coefficient (Wildman–Crippen LogP) is 2.30. The first-order valence-corrected chi connectivity index (χ1v) is 7.89. The van der Waals surface area contributed by atoms with E-state index in [0.717, 1.165) is 12.8 Å². The van der Waals surface area contributed by atoms with Crippen molar-refractivity contribution >= 4 is 17.6 Å². The maximum Gasteiger partial charge on any atom is 0.307 e. The van der Waals surface area contributed by atoms with E-state index in [9.17, 15) is 14.7 Å². The van der Waals surface area contributed by atoms with E-state index in [4.69, 9.17) is 14.2 Å². The van der Waals surface area contributed by atoms with E-state index in [1.54, 1.807) is 18.2 Å². The van der Waals surface area contributed by atoms with Crippen molar-refractivity contribution < 1.29 is 28.9 Å². The lowest BCUT2D eigenvalue weighted by Gasteiger charge is -2.17. The van der Waals surface area contributed by atoms with Crippen LogP contribution in [0.15, 0.2) is 18.2 Å². The lowest BCUT2D eigenvalue weighted by atomic mass is 9.96. The Hall–Kier alpha value is -2.28. The highest BCUT2D eigenvalue weighted by Crippen LogP contribution is 2.29. The molecule has 132 valence electrons. The summed E-state index contributed by atoms with van der Waals surface area (Å²) >= 11 is 0. The van der Waals surface area contributed by atoms with Gasteiger partial charge in [0.2, 0.25) is 5.91 Å². The maximum absolute atomic E-state index is 12.3. The average Bonchev–Trinajstić information content (AvgIpc) is 3.07. The Bertz CT molecular complexity index is 582. The van der Waals surface area contributed by atoms with E-state index in [2.05, 4.69) is 5.32 Å². The van der Waals surface area contributed by atoms with E-state index < -0.39 is 11.9 Å². The van der Waals surface area contributed by atoms with Crippen LogP contribution in [0.2, 0.25) is 0 Å². The topological polar surface area (TPSA) is 94.1 Å². The Morgan fingerprint density at radius 3 is 2.75 bits per heavy atom. The van der Waals surface area contributed by atoms with Crippen LogP contribution in [0.5, 0.6) is 11.5 Å². The van der Waals surface area contributed by atoms with Gasteiger partial charge in [-0.3, -0.25) is 9.59 Å². The third-order valence-corrected chi connectivity index (χ3v) is 4.03. The number of carboxylic acid groups (broad SMARTS) is 1. The molecule has 0 aliphatic carbocycles. The zero-order valence-corrected chi connectivity index (χ0v) is 13.9. The van der Waals surface area contributed by atoms with Gasteiger partial charge in [0, 0.05) is 19.1 Å². The molecular weight excluding hydrogens is 314 g/mol. The van der Waals surface area contributed by atoms with Crippen LogP contribution in [0.3, 0.4) is 0 Å². The molecule has 1 amide bonds. The number of aliphatic carboxylic acids is 1. The molecule has 1 fully saturated rings. The first-order valence-electron chi connectivity index (χ1n) is 7.89. The first-order chi connectivity index (χ1) is 11.5. The molecular formula is C17H23NO6. The van der Waals surface area contributed by atoms with Gasteiger partial charge in [-0.1, -0.05) is 0 Å². The van der Waals surface area contributed by atoms with Crippen LogP contribution in [0.25, 0.3) is 0 Å². The van der Waals surface area contributed by atoms with Crippen molar-refractivity contribution in [3.63, 3.8) is 0 Å². The largest absolute Gasteiger partial charge is 0.497 e. The monoisotopic (exact) mass is 337 g/mol. The lowest BCUT2D eigenvalue weighted by Crippen LogP contribution is -2.26. The Labute approximate surface area is 140 Å². The summed E-state index contributed by atoms with van der Waals surface area (Å²) in [5, 5.41) is 12.0. The highest BCUT2D eigenvalue weighted by Gasteiger charge is 2.27. The molecule has 1 aromatic carbocycles. The second-order valence-corrected chi connectivity index (χ2v) is 5.72. The lowest BCUT2D eigenvalue weighted by molar-refractivity contribution is -0.144. The minimum atomic E-state index is -0.988. The van der Waals surface area contributed by atoms with Crippen LogP contribution in [0, 0.1) is 5.92 Å². The summed E-state index contributed by atoms with van der Waals surface area (Å²) in [5.41, 5.74) is 0.447. The number of methoxy groups -OCH3 is 2. The molecule has 1 aliphatic heterocycles. The molecule has 2 atom stereocenters. The number of anilines is 1. The number of carbonyl (C=O) groups excluding carboxylic acids is 1. The van der Waals surface area contributed by atoms with E-state index in [1.807, 2.05) is 0 Å². The van der Waals surface area contributed by atoms with Gasteiger partial charge >= 0.3 is 5.97 Å². The zero-order chi connectivity index (χ0) is 17.5. The SMILES string of the molecule is COc1ccc(OC)c(NC(=O)CC(CC2CCCO2)C(=O)O)c1. The zero-order valence-electron chi connectivity index (χ0n) is 13.9. The van der Waals surface area contributed by atoms with Crippen LogP contribution in [-0.2, 0) is 14.3 Å². The Kier molecular flexibility index (Phi) is 6.43. The number of ether oxygens (including phenoxy) is 3. The molecule has 24 heavy (non-hydrogen) atoms. The minimum Gasteiger partial charge on any atom is -0.497 e. The van der Waals surface area contributed by atoms with Crippen LogP contribution in [-0.4, -0.2) is 43.9 Å². The summed E-state index contributed by atoms with van der Waals surface area (Å²) in [6, 6.07) is 5.02. The number of nitrogens with one attached hydrogen (secondary N) is 1. The highest BCUT2D eigenvalue weighted by molar-refractivity contribution is 5.94. The summed E-state index contributed by atoms with van der Waals surface area (Å²) in [4.78, 5) is 23.7. The smallest absolute Gasteiger partial charge is 0.307 e. The average molecular weight is 337 g/mol. The fourth-order valence-electron chi connectivity index (χ4n) is 2.76. The van der Waals surface area contributed by atoms with Crippen molar-refractivity contribution in [1.29, 1.82) is 0 Å². The van der Waals surface area contributed by atoms with Gasteiger partial charge in [0.15, 0.2) is 0 Å². The molecule has 1 aromatic rings. The predicted molar refractivity (Wildman–Crippen MR) is 87.5 cm³/mol. The van der Waals surface area contributed by atoms with Gasteiger partial charge in [-0.05, 0) is 31.4 Å². The van der Waals surface area contributed by atoms with Gasteiger partial charge < -0.3 is 24.6 Å². The van der Waals surface area contributed by atoms with Crippen LogP contribution in [0.1, 0.15) is 25.7 Å². The number of amides is 1. The van der Waals surface area contributed by atoms with Crippen LogP contribution >= 0.6 is 0 Å². The summed E-state index contributed by atoms with van der Waals surface area (Å²) in [6.45, 7) is 0.657. The molecule has 2 unspecified atom stereocenters. The summed E-state index contributed by atoms with van der Waals surface area (Å²) in [7, 11) is 3.02. The normalized spacial score (nSPS) is 18.0. The van der Waals surface area contributed by atoms with Gasteiger partial charge in [-0.25, -0.2) is 0 Å². The van der Waals surface area contributed by atoms with Gasteiger partial charge in [0.25, 0.3) is 0 Å². The van der Waals surface area contributed by atoms with Crippen LogP contribution in [0.4, 0.5) is 5.69 Å². The Balaban J connectivity index is 2.01. The van der Waals surface area contributed by atoms with Crippen molar-refractivity contribution in [2.75, 3.05) is 26.1 Å². The van der Waals surface area contributed by atoms with Gasteiger partial charge in [-0.15, -0.1) is 0 Å². The number of rotatable bonds is 8. The van der Waals surface area contributed by atoms with E-state index in [1.165, 1.54) is 14.2 Å². The summed E-state index contributed by atoms with van der Waals surface area (Å²) in [5.74, 6) is -1.09. The third kappa shape index (κ3) is 4.86. The van der Waals surface area contributed by atoms with Crippen molar-refractivity contribution in [2.24, 2.45) is 5.92 Å². The molecule has 0 spiro atoms. The van der Waals surface area contributed by atoms with Crippen molar-refractivity contribution in [1.82, 2.24) is 0 Å². The molecule has 1 heterocycles. The number of benzene rings is 1. The Morgan fingerprint density at radius 2 is 2.17 bits per heavy atom. The molecule has 7 heteroatoms.